The first-order chi connectivity index (χ1) is 18.0. The highest BCUT2D eigenvalue weighted by atomic mass is 79.9. The SMILES string of the molecule is COc1cncc2c1[C@]1(O)[C@H](O)[C@H](C(=O)N(C)CC(F)(F)F)[C@@H](c3ccccc3)[C@]1(c1ccc(Br)cc1)O2. The van der Waals surface area contributed by atoms with Crippen LogP contribution < -0.4 is 9.47 Å². The first-order valence-corrected chi connectivity index (χ1v) is 12.5. The molecule has 1 saturated carbocycles. The maximum absolute atomic E-state index is 13.7. The van der Waals surface area contributed by atoms with E-state index in [1.807, 2.05) is 0 Å². The third-order valence-electron chi connectivity index (χ3n) is 7.39. The number of amides is 1. The molecule has 0 spiro atoms. The van der Waals surface area contributed by atoms with Gasteiger partial charge in [0.1, 0.15) is 24.1 Å². The quantitative estimate of drug-likeness (QED) is 0.463. The number of carbonyl (C=O) groups excluding carboxylic acids is 1. The lowest BCUT2D eigenvalue weighted by atomic mass is 9.70. The second-order valence-corrected chi connectivity index (χ2v) is 10.4. The van der Waals surface area contributed by atoms with Crippen molar-refractivity contribution in [1.82, 2.24) is 9.88 Å². The van der Waals surface area contributed by atoms with E-state index in [0.29, 0.717) is 16.0 Å². The summed E-state index contributed by atoms with van der Waals surface area (Å²) in [6, 6.07) is 15.3. The summed E-state index contributed by atoms with van der Waals surface area (Å²) in [7, 11) is 2.38. The van der Waals surface area contributed by atoms with Gasteiger partial charge in [-0.2, -0.15) is 13.2 Å². The number of alkyl halides is 3. The number of carbonyl (C=O) groups is 1. The number of aromatic nitrogens is 1. The van der Waals surface area contributed by atoms with Gasteiger partial charge >= 0.3 is 6.18 Å². The predicted octanol–water partition coefficient (Wildman–Crippen LogP) is 4.12. The van der Waals surface area contributed by atoms with Crippen molar-refractivity contribution in [2.24, 2.45) is 5.92 Å². The molecule has 38 heavy (non-hydrogen) atoms. The molecule has 5 atom stereocenters. The monoisotopic (exact) mass is 592 g/mol. The van der Waals surface area contributed by atoms with Gasteiger partial charge in [0.15, 0.2) is 11.2 Å². The fourth-order valence-corrected chi connectivity index (χ4v) is 6.23. The molecular formula is C27H24BrF3N2O5. The van der Waals surface area contributed by atoms with Crippen LogP contribution >= 0.6 is 15.9 Å². The number of rotatable bonds is 5. The Kier molecular flexibility index (Phi) is 6.44. The van der Waals surface area contributed by atoms with Crippen LogP contribution in [0.5, 0.6) is 11.5 Å². The van der Waals surface area contributed by atoms with Gasteiger partial charge in [-0.15, -0.1) is 0 Å². The summed E-state index contributed by atoms with van der Waals surface area (Å²) in [5.41, 5.74) is -3.16. The summed E-state index contributed by atoms with van der Waals surface area (Å²) in [6.45, 7) is -1.52. The number of benzene rings is 2. The lowest BCUT2D eigenvalue weighted by molar-refractivity contribution is -0.167. The van der Waals surface area contributed by atoms with E-state index in [0.717, 1.165) is 11.5 Å². The molecule has 1 aliphatic carbocycles. The third-order valence-corrected chi connectivity index (χ3v) is 7.92. The molecule has 2 aromatic carbocycles. The van der Waals surface area contributed by atoms with E-state index in [4.69, 9.17) is 9.47 Å². The second-order valence-electron chi connectivity index (χ2n) is 9.49. The minimum atomic E-state index is -4.66. The van der Waals surface area contributed by atoms with Crippen LogP contribution in [0.1, 0.15) is 22.6 Å². The van der Waals surface area contributed by atoms with E-state index in [1.165, 1.54) is 19.5 Å². The van der Waals surface area contributed by atoms with Gasteiger partial charge in [-0.25, -0.2) is 0 Å². The highest BCUT2D eigenvalue weighted by Crippen LogP contribution is 2.69. The number of nitrogens with zero attached hydrogens (tertiary/aromatic N) is 2. The Hall–Kier alpha value is -3.15. The minimum Gasteiger partial charge on any atom is -0.495 e. The Labute approximate surface area is 225 Å². The van der Waals surface area contributed by atoms with E-state index in [2.05, 4.69) is 20.9 Å². The van der Waals surface area contributed by atoms with Gasteiger partial charge < -0.3 is 24.6 Å². The van der Waals surface area contributed by atoms with Crippen molar-refractivity contribution in [2.75, 3.05) is 20.7 Å². The fraction of sp³-hybridized carbons (Fsp3) is 0.333. The maximum Gasteiger partial charge on any atom is 0.406 e. The number of pyridine rings is 1. The zero-order valence-corrected chi connectivity index (χ0v) is 21.9. The maximum atomic E-state index is 13.7. The Balaban J connectivity index is 1.82. The molecule has 3 aromatic rings. The van der Waals surface area contributed by atoms with Gasteiger partial charge in [0, 0.05) is 17.4 Å². The van der Waals surface area contributed by atoms with E-state index >= 15 is 0 Å². The van der Waals surface area contributed by atoms with Gasteiger partial charge in [0.2, 0.25) is 5.91 Å². The van der Waals surface area contributed by atoms with Gasteiger partial charge in [-0.1, -0.05) is 58.4 Å². The number of fused-ring (bicyclic) bond motifs is 3. The molecule has 7 nitrogen and oxygen atoms in total. The second kappa shape index (κ2) is 9.25. The molecular weight excluding hydrogens is 569 g/mol. The van der Waals surface area contributed by atoms with Crippen molar-refractivity contribution < 1.29 is 37.7 Å². The Bertz CT molecular complexity index is 1360. The molecule has 1 fully saturated rings. The van der Waals surface area contributed by atoms with Crippen LogP contribution in [0.2, 0.25) is 0 Å². The van der Waals surface area contributed by atoms with E-state index < -0.39 is 47.8 Å². The molecule has 5 rings (SSSR count). The highest BCUT2D eigenvalue weighted by Gasteiger charge is 2.78. The van der Waals surface area contributed by atoms with Crippen molar-refractivity contribution in [3.8, 4) is 11.5 Å². The Morgan fingerprint density at radius 1 is 1.16 bits per heavy atom. The largest absolute Gasteiger partial charge is 0.495 e. The number of halogens is 4. The molecule has 2 N–H and O–H groups in total. The topological polar surface area (TPSA) is 92.1 Å². The zero-order chi connectivity index (χ0) is 27.5. The molecule has 0 saturated heterocycles. The Morgan fingerprint density at radius 2 is 1.82 bits per heavy atom. The summed E-state index contributed by atoms with van der Waals surface area (Å²) >= 11 is 3.39. The highest BCUT2D eigenvalue weighted by molar-refractivity contribution is 9.10. The minimum absolute atomic E-state index is 0.0696. The summed E-state index contributed by atoms with van der Waals surface area (Å²) in [5, 5.41) is 24.5. The predicted molar refractivity (Wildman–Crippen MR) is 134 cm³/mol. The molecule has 0 unspecified atom stereocenters. The average molecular weight is 593 g/mol. The molecule has 1 aromatic heterocycles. The molecule has 0 radical (unpaired) electrons. The fourth-order valence-electron chi connectivity index (χ4n) is 5.97. The standard InChI is InChI=1S/C27H24BrF3N2O5/c1-33(14-25(29,30)31)24(35)20-21(15-6-4-3-5-7-15)27(16-8-10-17(28)11-9-16)26(36,23(20)34)22-18(37-2)12-32-13-19(22)38-27/h3-13,20-21,23,34,36H,14H2,1-2H3/t20-,21-,23-,26+,27+/m1/s1. The summed E-state index contributed by atoms with van der Waals surface area (Å²) < 4.78 is 52.6. The van der Waals surface area contributed by atoms with Crippen LogP contribution in [-0.2, 0) is 16.0 Å². The molecule has 200 valence electrons. The van der Waals surface area contributed by atoms with Crippen LogP contribution in [0.3, 0.4) is 0 Å². The molecule has 2 heterocycles. The van der Waals surface area contributed by atoms with E-state index in [-0.39, 0.29) is 17.1 Å². The van der Waals surface area contributed by atoms with Crippen molar-refractivity contribution in [3.05, 3.63) is 88.2 Å². The van der Waals surface area contributed by atoms with Crippen molar-refractivity contribution >= 4 is 21.8 Å². The normalized spacial score (nSPS) is 27.8. The molecule has 11 heteroatoms. The first kappa shape index (κ1) is 26.5. The Morgan fingerprint density at radius 3 is 2.42 bits per heavy atom. The number of hydrogen-bond acceptors (Lipinski definition) is 6. The van der Waals surface area contributed by atoms with E-state index in [1.54, 1.807) is 54.6 Å². The summed E-state index contributed by atoms with van der Waals surface area (Å²) in [4.78, 5) is 18.4. The van der Waals surface area contributed by atoms with Gasteiger partial charge in [0.25, 0.3) is 0 Å². The van der Waals surface area contributed by atoms with Gasteiger partial charge in [-0.05, 0) is 23.3 Å². The zero-order valence-electron chi connectivity index (χ0n) is 20.3. The first-order valence-electron chi connectivity index (χ1n) is 11.7. The lowest BCUT2D eigenvalue weighted by Crippen LogP contribution is -2.52. The van der Waals surface area contributed by atoms with Gasteiger partial charge in [0.05, 0.1) is 31.0 Å². The average Bonchev–Trinajstić information content (AvgIpc) is 3.26. The van der Waals surface area contributed by atoms with Crippen LogP contribution in [0.4, 0.5) is 13.2 Å². The number of methoxy groups -OCH3 is 1. The number of aliphatic hydroxyl groups excluding tert-OH is 1. The molecule has 1 amide bonds. The summed E-state index contributed by atoms with van der Waals surface area (Å²) in [5.74, 6) is -3.37. The van der Waals surface area contributed by atoms with Crippen LogP contribution in [0.25, 0.3) is 0 Å². The van der Waals surface area contributed by atoms with Crippen LogP contribution in [0, 0.1) is 5.92 Å². The smallest absolute Gasteiger partial charge is 0.406 e. The lowest BCUT2D eigenvalue weighted by Gasteiger charge is -2.41. The number of hydrogen-bond donors (Lipinski definition) is 2. The van der Waals surface area contributed by atoms with Crippen molar-refractivity contribution in [1.29, 1.82) is 0 Å². The van der Waals surface area contributed by atoms with Crippen LogP contribution in [0.15, 0.2) is 71.5 Å². The van der Waals surface area contributed by atoms with E-state index in [9.17, 15) is 28.2 Å². The van der Waals surface area contributed by atoms with Gasteiger partial charge in [-0.3, -0.25) is 9.78 Å². The van der Waals surface area contributed by atoms with Crippen molar-refractivity contribution in [2.45, 2.75) is 29.4 Å². The van der Waals surface area contributed by atoms with Crippen LogP contribution in [-0.4, -0.2) is 59.0 Å². The summed E-state index contributed by atoms with van der Waals surface area (Å²) in [6.07, 6.45) is -3.83. The molecule has 0 bridgehead atoms. The molecule has 1 aliphatic heterocycles. The number of aliphatic hydroxyl groups is 2. The van der Waals surface area contributed by atoms with Crippen molar-refractivity contribution in [3.63, 3.8) is 0 Å². The molecule has 2 aliphatic rings. The number of ether oxygens (including phenoxy) is 2. The third kappa shape index (κ3) is 3.78.